The van der Waals surface area contributed by atoms with Crippen LogP contribution in [0.4, 0.5) is 5.82 Å². The van der Waals surface area contributed by atoms with Gasteiger partial charge >= 0.3 is 0 Å². The Balaban J connectivity index is 1.96. The Bertz CT molecular complexity index is 273. The molecule has 1 saturated carbocycles. The zero-order valence-electron chi connectivity index (χ0n) is 6.73. The van der Waals surface area contributed by atoms with Gasteiger partial charge in [-0.1, -0.05) is 0 Å². The lowest BCUT2D eigenvalue weighted by Gasteiger charge is -2.04. The topological polar surface area (TPSA) is 61.0 Å². The second-order valence-corrected chi connectivity index (χ2v) is 3.00. The van der Waals surface area contributed by atoms with Gasteiger partial charge in [-0.3, -0.25) is 0 Å². The third-order valence-electron chi connectivity index (χ3n) is 1.84. The molecular formula is C8H11N3O. The van der Waals surface area contributed by atoms with Crippen LogP contribution in [0.3, 0.4) is 0 Å². The van der Waals surface area contributed by atoms with Crippen molar-refractivity contribution in [3.63, 3.8) is 0 Å². The average molecular weight is 165 g/mol. The Kier molecular flexibility index (Phi) is 1.81. The molecule has 2 N–H and O–H groups in total. The molecule has 2 rings (SSSR count). The molecule has 0 spiro atoms. The fraction of sp³-hybridized carbons (Fsp3) is 0.500. The summed E-state index contributed by atoms with van der Waals surface area (Å²) in [6.45, 7) is 0.725. The standard InChI is InChI=1S/C8H11N3O/c9-7-8(11-4-3-10-7)12-5-6-1-2-6/h3-4,6H,1-2,5H2,(H2,9,10). The fourth-order valence-corrected chi connectivity index (χ4v) is 0.929. The van der Waals surface area contributed by atoms with Crippen LogP contribution >= 0.6 is 0 Å². The van der Waals surface area contributed by atoms with E-state index in [9.17, 15) is 0 Å². The SMILES string of the molecule is Nc1nccnc1OCC1CC1. The van der Waals surface area contributed by atoms with Crippen LogP contribution < -0.4 is 10.5 Å². The first-order valence-corrected chi connectivity index (χ1v) is 4.05. The zero-order chi connectivity index (χ0) is 8.39. The van der Waals surface area contributed by atoms with Crippen LogP contribution in [-0.2, 0) is 0 Å². The van der Waals surface area contributed by atoms with E-state index in [0.29, 0.717) is 17.6 Å². The molecule has 1 heterocycles. The zero-order valence-corrected chi connectivity index (χ0v) is 6.73. The average Bonchev–Trinajstić information content (AvgIpc) is 2.86. The molecule has 4 nitrogen and oxygen atoms in total. The maximum absolute atomic E-state index is 5.53. The number of rotatable bonds is 3. The van der Waals surface area contributed by atoms with Crippen LogP contribution in [0, 0.1) is 5.92 Å². The van der Waals surface area contributed by atoms with Crippen LogP contribution in [0.2, 0.25) is 0 Å². The minimum absolute atomic E-state index is 0.373. The van der Waals surface area contributed by atoms with Gasteiger partial charge in [0, 0.05) is 12.4 Å². The minimum Gasteiger partial charge on any atom is -0.475 e. The quantitative estimate of drug-likeness (QED) is 0.721. The third kappa shape index (κ3) is 1.64. The van der Waals surface area contributed by atoms with Crippen molar-refractivity contribution in [3.05, 3.63) is 12.4 Å². The van der Waals surface area contributed by atoms with Crippen molar-refractivity contribution in [1.29, 1.82) is 0 Å². The van der Waals surface area contributed by atoms with Crippen LogP contribution in [-0.4, -0.2) is 16.6 Å². The molecule has 1 aliphatic carbocycles. The molecule has 4 heteroatoms. The molecule has 64 valence electrons. The van der Waals surface area contributed by atoms with Gasteiger partial charge in [0.05, 0.1) is 6.61 Å². The van der Waals surface area contributed by atoms with E-state index >= 15 is 0 Å². The van der Waals surface area contributed by atoms with E-state index in [4.69, 9.17) is 10.5 Å². The molecule has 0 aliphatic heterocycles. The summed E-state index contributed by atoms with van der Waals surface area (Å²) in [7, 11) is 0. The van der Waals surface area contributed by atoms with Crippen molar-refractivity contribution >= 4 is 5.82 Å². The molecule has 0 radical (unpaired) electrons. The Morgan fingerprint density at radius 2 is 2.17 bits per heavy atom. The van der Waals surface area contributed by atoms with E-state index in [0.717, 1.165) is 6.61 Å². The summed E-state index contributed by atoms with van der Waals surface area (Å²) in [5.41, 5.74) is 5.53. The summed E-state index contributed by atoms with van der Waals surface area (Å²) in [6.07, 6.45) is 5.66. The lowest BCUT2D eigenvalue weighted by atomic mass is 10.5. The summed E-state index contributed by atoms with van der Waals surface area (Å²) in [5, 5.41) is 0. The first-order chi connectivity index (χ1) is 5.86. The van der Waals surface area contributed by atoms with Crippen molar-refractivity contribution in [2.75, 3.05) is 12.3 Å². The predicted molar refractivity (Wildman–Crippen MR) is 44.7 cm³/mol. The molecule has 0 amide bonds. The number of anilines is 1. The van der Waals surface area contributed by atoms with E-state index < -0.39 is 0 Å². The molecule has 1 fully saturated rings. The second-order valence-electron chi connectivity index (χ2n) is 3.00. The first-order valence-electron chi connectivity index (χ1n) is 4.05. The van der Waals surface area contributed by atoms with Crippen molar-refractivity contribution in [2.45, 2.75) is 12.8 Å². The number of nitrogen functional groups attached to an aromatic ring is 1. The number of aromatic nitrogens is 2. The third-order valence-corrected chi connectivity index (χ3v) is 1.84. The van der Waals surface area contributed by atoms with Crippen LogP contribution in [0.25, 0.3) is 0 Å². The van der Waals surface area contributed by atoms with E-state index in [1.807, 2.05) is 0 Å². The summed E-state index contributed by atoms with van der Waals surface area (Å²) >= 11 is 0. The van der Waals surface area contributed by atoms with Gasteiger partial charge in [0.2, 0.25) is 0 Å². The summed E-state index contributed by atoms with van der Waals surface area (Å²) in [4.78, 5) is 7.84. The van der Waals surface area contributed by atoms with Gasteiger partial charge in [-0.05, 0) is 18.8 Å². The molecule has 0 unspecified atom stereocenters. The highest BCUT2D eigenvalue weighted by Gasteiger charge is 2.22. The van der Waals surface area contributed by atoms with Gasteiger partial charge in [0.1, 0.15) is 0 Å². The Hall–Kier alpha value is -1.32. The van der Waals surface area contributed by atoms with E-state index in [1.165, 1.54) is 12.8 Å². The lowest BCUT2D eigenvalue weighted by molar-refractivity contribution is 0.289. The Labute approximate surface area is 70.8 Å². The van der Waals surface area contributed by atoms with E-state index in [2.05, 4.69) is 9.97 Å². The van der Waals surface area contributed by atoms with E-state index in [1.54, 1.807) is 12.4 Å². The molecule has 12 heavy (non-hydrogen) atoms. The summed E-state index contributed by atoms with van der Waals surface area (Å²) in [5.74, 6) is 1.55. The number of hydrogen-bond donors (Lipinski definition) is 1. The summed E-state index contributed by atoms with van der Waals surface area (Å²) in [6, 6.07) is 0. The predicted octanol–water partition coefficient (Wildman–Crippen LogP) is 0.848. The molecule has 0 atom stereocenters. The molecule has 0 saturated heterocycles. The highest BCUT2D eigenvalue weighted by molar-refractivity contribution is 5.38. The van der Waals surface area contributed by atoms with Gasteiger partial charge in [-0.25, -0.2) is 9.97 Å². The first kappa shape index (κ1) is 7.34. The van der Waals surface area contributed by atoms with Crippen molar-refractivity contribution in [3.8, 4) is 5.88 Å². The fourth-order valence-electron chi connectivity index (χ4n) is 0.929. The second kappa shape index (κ2) is 2.97. The van der Waals surface area contributed by atoms with Gasteiger partial charge in [0.15, 0.2) is 5.82 Å². The van der Waals surface area contributed by atoms with Gasteiger partial charge < -0.3 is 10.5 Å². The molecule has 1 aromatic heterocycles. The van der Waals surface area contributed by atoms with Gasteiger partial charge in [-0.15, -0.1) is 0 Å². The van der Waals surface area contributed by atoms with E-state index in [-0.39, 0.29) is 0 Å². The van der Waals surface area contributed by atoms with Crippen LogP contribution in [0.1, 0.15) is 12.8 Å². The molecular weight excluding hydrogens is 154 g/mol. The van der Waals surface area contributed by atoms with Crippen molar-refractivity contribution in [2.24, 2.45) is 5.92 Å². The normalized spacial score (nSPS) is 16.0. The van der Waals surface area contributed by atoms with Crippen LogP contribution in [0.5, 0.6) is 5.88 Å². The monoisotopic (exact) mass is 165 g/mol. The molecule has 0 aromatic carbocycles. The van der Waals surface area contributed by atoms with Gasteiger partial charge in [-0.2, -0.15) is 0 Å². The Morgan fingerprint density at radius 3 is 2.83 bits per heavy atom. The molecule has 1 aromatic rings. The summed E-state index contributed by atoms with van der Waals surface area (Å²) < 4.78 is 5.36. The molecule has 0 bridgehead atoms. The highest BCUT2D eigenvalue weighted by Crippen LogP contribution is 2.29. The van der Waals surface area contributed by atoms with Crippen molar-refractivity contribution < 1.29 is 4.74 Å². The van der Waals surface area contributed by atoms with Crippen LogP contribution in [0.15, 0.2) is 12.4 Å². The number of nitrogens with two attached hydrogens (primary N) is 1. The minimum atomic E-state index is 0.373. The maximum atomic E-state index is 5.53. The number of nitrogens with zero attached hydrogens (tertiary/aromatic N) is 2. The lowest BCUT2D eigenvalue weighted by Crippen LogP contribution is -2.04. The molecule has 1 aliphatic rings. The Morgan fingerprint density at radius 1 is 1.42 bits per heavy atom. The maximum Gasteiger partial charge on any atom is 0.257 e. The van der Waals surface area contributed by atoms with Crippen molar-refractivity contribution in [1.82, 2.24) is 9.97 Å². The number of ether oxygens (including phenoxy) is 1. The number of hydrogen-bond acceptors (Lipinski definition) is 4. The largest absolute Gasteiger partial charge is 0.475 e. The van der Waals surface area contributed by atoms with Gasteiger partial charge in [0.25, 0.3) is 5.88 Å². The highest BCUT2D eigenvalue weighted by atomic mass is 16.5. The smallest absolute Gasteiger partial charge is 0.257 e.